The van der Waals surface area contributed by atoms with Crippen LogP contribution in [0.3, 0.4) is 0 Å². The molecule has 1 aliphatic rings. The Morgan fingerprint density at radius 1 is 1.30 bits per heavy atom. The van der Waals surface area contributed by atoms with E-state index in [0.29, 0.717) is 11.3 Å². The normalized spacial score (nSPS) is 17.0. The molecule has 0 amide bonds. The van der Waals surface area contributed by atoms with Gasteiger partial charge in [0, 0.05) is 10.9 Å². The van der Waals surface area contributed by atoms with E-state index in [1.54, 1.807) is 18.2 Å². The van der Waals surface area contributed by atoms with Crippen molar-refractivity contribution in [2.45, 2.75) is 31.4 Å². The number of alkyl halides is 2. The van der Waals surface area contributed by atoms with Crippen LogP contribution in [0.5, 0.6) is 5.75 Å². The van der Waals surface area contributed by atoms with Gasteiger partial charge in [0.2, 0.25) is 0 Å². The molecule has 0 bridgehead atoms. The Labute approximate surface area is 119 Å². The Morgan fingerprint density at radius 2 is 2.05 bits per heavy atom. The van der Waals surface area contributed by atoms with Crippen molar-refractivity contribution in [1.82, 2.24) is 4.98 Å². The molecule has 0 unspecified atom stereocenters. The molecular weight excluding hydrogens is 282 g/mol. The highest BCUT2D eigenvalue weighted by atomic mass is 32.1. The first kappa shape index (κ1) is 13.5. The summed E-state index contributed by atoms with van der Waals surface area (Å²) in [6, 6.07) is 6.67. The second-order valence-corrected chi connectivity index (χ2v) is 5.78. The summed E-state index contributed by atoms with van der Waals surface area (Å²) in [7, 11) is 0. The Kier molecular flexibility index (Phi) is 3.43. The highest BCUT2D eigenvalue weighted by Gasteiger charge is 2.37. The molecule has 0 radical (unpaired) electrons. The van der Waals surface area contributed by atoms with Crippen LogP contribution < -0.4 is 10.5 Å². The number of thiazole rings is 1. The smallest absolute Gasteiger partial charge is 0.387 e. The zero-order chi connectivity index (χ0) is 14.2. The van der Waals surface area contributed by atoms with Gasteiger partial charge in [-0.25, -0.2) is 4.98 Å². The summed E-state index contributed by atoms with van der Waals surface area (Å²) >= 11 is 1.48. The Morgan fingerprint density at radius 3 is 2.70 bits per heavy atom. The van der Waals surface area contributed by atoms with E-state index in [2.05, 4.69) is 9.72 Å². The van der Waals surface area contributed by atoms with Gasteiger partial charge in [-0.2, -0.15) is 8.78 Å². The molecule has 1 heterocycles. The maximum absolute atomic E-state index is 12.4. The van der Waals surface area contributed by atoms with E-state index in [-0.39, 0.29) is 11.3 Å². The summed E-state index contributed by atoms with van der Waals surface area (Å²) in [5.74, 6) is 0.138. The number of nitrogens with zero attached hydrogens (tertiary/aromatic N) is 1. The van der Waals surface area contributed by atoms with Gasteiger partial charge in [0.25, 0.3) is 0 Å². The number of aromatic nitrogens is 1. The SMILES string of the molecule is NC1(c2nc(-c3ccccc3OC(F)F)cs2)CCC1. The molecular formula is C14H14F2N2OS. The van der Waals surface area contributed by atoms with Gasteiger partial charge >= 0.3 is 6.61 Å². The molecule has 0 saturated heterocycles. The topological polar surface area (TPSA) is 48.1 Å². The van der Waals surface area contributed by atoms with E-state index < -0.39 is 6.61 Å². The summed E-state index contributed by atoms with van der Waals surface area (Å²) in [5.41, 5.74) is 7.10. The minimum atomic E-state index is -2.85. The molecule has 0 atom stereocenters. The molecule has 0 spiro atoms. The maximum Gasteiger partial charge on any atom is 0.387 e. The Balaban J connectivity index is 1.93. The number of ether oxygens (including phenoxy) is 1. The lowest BCUT2D eigenvalue weighted by atomic mass is 9.78. The van der Waals surface area contributed by atoms with E-state index in [1.165, 1.54) is 17.4 Å². The minimum Gasteiger partial charge on any atom is -0.434 e. The van der Waals surface area contributed by atoms with E-state index in [4.69, 9.17) is 5.73 Å². The molecule has 1 aliphatic carbocycles. The van der Waals surface area contributed by atoms with Crippen LogP contribution in [0, 0.1) is 0 Å². The third kappa shape index (κ3) is 2.41. The van der Waals surface area contributed by atoms with E-state index in [9.17, 15) is 8.78 Å². The van der Waals surface area contributed by atoms with Crippen LogP contribution in [0.4, 0.5) is 8.78 Å². The van der Waals surface area contributed by atoms with Crippen LogP contribution in [-0.4, -0.2) is 11.6 Å². The van der Waals surface area contributed by atoms with E-state index in [1.807, 2.05) is 5.38 Å². The molecule has 1 fully saturated rings. The molecule has 3 nitrogen and oxygen atoms in total. The van der Waals surface area contributed by atoms with Gasteiger partial charge < -0.3 is 10.5 Å². The molecule has 1 saturated carbocycles. The monoisotopic (exact) mass is 296 g/mol. The predicted molar refractivity (Wildman–Crippen MR) is 73.9 cm³/mol. The summed E-state index contributed by atoms with van der Waals surface area (Å²) < 4.78 is 29.4. The van der Waals surface area contributed by atoms with Gasteiger partial charge in [-0.3, -0.25) is 0 Å². The van der Waals surface area contributed by atoms with Gasteiger partial charge in [-0.15, -0.1) is 11.3 Å². The Bertz CT molecular complexity index is 611. The largest absolute Gasteiger partial charge is 0.434 e. The fourth-order valence-electron chi connectivity index (χ4n) is 2.27. The number of rotatable bonds is 4. The number of hydrogen-bond acceptors (Lipinski definition) is 4. The molecule has 0 aliphatic heterocycles. The molecule has 2 N–H and O–H groups in total. The number of hydrogen-bond donors (Lipinski definition) is 1. The van der Waals surface area contributed by atoms with Crippen molar-refractivity contribution in [2.24, 2.45) is 5.73 Å². The van der Waals surface area contributed by atoms with E-state index in [0.717, 1.165) is 24.3 Å². The van der Waals surface area contributed by atoms with E-state index >= 15 is 0 Å². The van der Waals surface area contributed by atoms with Crippen molar-refractivity contribution in [3.63, 3.8) is 0 Å². The van der Waals surface area contributed by atoms with Crippen LogP contribution in [0.2, 0.25) is 0 Å². The lowest BCUT2D eigenvalue weighted by Gasteiger charge is -2.35. The van der Waals surface area contributed by atoms with Gasteiger partial charge in [0.15, 0.2) is 0 Å². The lowest BCUT2D eigenvalue weighted by molar-refractivity contribution is -0.0494. The first-order chi connectivity index (χ1) is 9.58. The quantitative estimate of drug-likeness (QED) is 0.934. The third-order valence-corrected chi connectivity index (χ3v) is 4.62. The first-order valence-electron chi connectivity index (χ1n) is 6.38. The highest BCUT2D eigenvalue weighted by molar-refractivity contribution is 7.10. The third-order valence-electron chi connectivity index (χ3n) is 3.55. The van der Waals surface area contributed by atoms with Crippen LogP contribution in [0.25, 0.3) is 11.3 Å². The first-order valence-corrected chi connectivity index (χ1v) is 7.25. The summed E-state index contributed by atoms with van der Waals surface area (Å²) in [6.45, 7) is -2.85. The van der Waals surface area contributed by atoms with Crippen molar-refractivity contribution < 1.29 is 13.5 Å². The van der Waals surface area contributed by atoms with Gasteiger partial charge in [-0.05, 0) is 31.4 Å². The molecule has 1 aromatic carbocycles. The average molecular weight is 296 g/mol. The minimum absolute atomic E-state index is 0.138. The highest BCUT2D eigenvalue weighted by Crippen LogP contribution is 2.42. The van der Waals surface area contributed by atoms with Crippen molar-refractivity contribution in [1.29, 1.82) is 0 Å². The second-order valence-electron chi connectivity index (χ2n) is 4.92. The number of halogens is 2. The van der Waals surface area contributed by atoms with Crippen LogP contribution in [0.1, 0.15) is 24.3 Å². The standard InChI is InChI=1S/C14H14F2N2OS/c15-13(16)19-11-5-2-1-4-9(11)10-8-20-12(18-10)14(17)6-3-7-14/h1-2,4-5,8,13H,3,6-7,17H2. The number of para-hydroxylation sites is 1. The summed E-state index contributed by atoms with van der Waals surface area (Å²) in [6.07, 6.45) is 2.96. The van der Waals surface area contributed by atoms with Gasteiger partial charge in [-0.1, -0.05) is 12.1 Å². The molecule has 2 aromatic rings. The molecule has 3 rings (SSSR count). The summed E-state index contributed by atoms with van der Waals surface area (Å²) in [4.78, 5) is 4.51. The molecule has 106 valence electrons. The maximum atomic E-state index is 12.4. The zero-order valence-corrected chi connectivity index (χ0v) is 11.5. The van der Waals surface area contributed by atoms with Gasteiger partial charge in [0.05, 0.1) is 11.2 Å². The lowest BCUT2D eigenvalue weighted by Crippen LogP contribution is -2.43. The molecule has 1 aromatic heterocycles. The van der Waals surface area contributed by atoms with Crippen molar-refractivity contribution >= 4 is 11.3 Å². The van der Waals surface area contributed by atoms with Crippen LogP contribution in [0.15, 0.2) is 29.6 Å². The fourth-order valence-corrected chi connectivity index (χ4v) is 3.27. The van der Waals surface area contributed by atoms with Crippen LogP contribution in [-0.2, 0) is 5.54 Å². The number of benzene rings is 1. The van der Waals surface area contributed by atoms with Crippen LogP contribution >= 0.6 is 11.3 Å². The number of nitrogens with two attached hydrogens (primary N) is 1. The van der Waals surface area contributed by atoms with Crippen molar-refractivity contribution in [3.05, 3.63) is 34.7 Å². The average Bonchev–Trinajstić information content (AvgIpc) is 2.85. The van der Waals surface area contributed by atoms with Crippen molar-refractivity contribution in [3.8, 4) is 17.0 Å². The second kappa shape index (κ2) is 5.10. The van der Waals surface area contributed by atoms with Crippen molar-refractivity contribution in [2.75, 3.05) is 0 Å². The Hall–Kier alpha value is -1.53. The molecule has 20 heavy (non-hydrogen) atoms. The fraction of sp³-hybridized carbons (Fsp3) is 0.357. The zero-order valence-electron chi connectivity index (χ0n) is 10.7. The summed E-state index contributed by atoms with van der Waals surface area (Å²) in [5, 5.41) is 2.71. The van der Waals surface area contributed by atoms with Gasteiger partial charge in [0.1, 0.15) is 10.8 Å². The molecule has 6 heteroatoms. The predicted octanol–water partition coefficient (Wildman–Crippen LogP) is 3.75.